The molecular formula is C22H17F3N4O4S. The molecule has 0 atom stereocenters. The highest BCUT2D eigenvalue weighted by Crippen LogP contribution is 2.32. The molecule has 3 aromatic heterocycles. The Morgan fingerprint density at radius 1 is 1.00 bits per heavy atom. The van der Waals surface area contributed by atoms with Crippen molar-refractivity contribution in [3.63, 3.8) is 0 Å². The van der Waals surface area contributed by atoms with Gasteiger partial charge in [0.1, 0.15) is 11.3 Å². The van der Waals surface area contributed by atoms with Gasteiger partial charge < -0.3 is 4.74 Å². The largest absolute Gasteiger partial charge is 0.480 e. The molecule has 0 amide bonds. The van der Waals surface area contributed by atoms with E-state index in [0.29, 0.717) is 34.5 Å². The predicted molar refractivity (Wildman–Crippen MR) is 118 cm³/mol. The number of sulfonamides is 1. The van der Waals surface area contributed by atoms with Gasteiger partial charge in [-0.1, -0.05) is 0 Å². The third-order valence-corrected chi connectivity index (χ3v) is 6.37. The molecule has 0 aliphatic heterocycles. The lowest BCUT2D eigenvalue weighted by molar-refractivity contribution is -0.137. The number of methoxy groups -OCH3 is 1. The first-order valence-corrected chi connectivity index (χ1v) is 11.2. The van der Waals surface area contributed by atoms with Gasteiger partial charge in [0, 0.05) is 35.3 Å². The van der Waals surface area contributed by atoms with Crippen LogP contribution in [0.25, 0.3) is 16.8 Å². The third kappa shape index (κ3) is 4.44. The van der Waals surface area contributed by atoms with E-state index in [1.54, 1.807) is 25.3 Å². The number of benzene rings is 1. The van der Waals surface area contributed by atoms with Gasteiger partial charge in [0.15, 0.2) is 0 Å². The van der Waals surface area contributed by atoms with Crippen LogP contribution in [0, 0.1) is 6.92 Å². The summed E-state index contributed by atoms with van der Waals surface area (Å²) in [5.74, 6) is -0.0466. The van der Waals surface area contributed by atoms with Gasteiger partial charge in [-0.3, -0.25) is 13.9 Å². The maximum Gasteiger partial charge on any atom is 0.416 e. The summed E-state index contributed by atoms with van der Waals surface area (Å²) in [4.78, 5) is 20.4. The summed E-state index contributed by atoms with van der Waals surface area (Å²) in [5, 5.41) is 0. The van der Waals surface area contributed by atoms with Crippen LogP contribution in [0.4, 0.5) is 18.9 Å². The summed E-state index contributed by atoms with van der Waals surface area (Å²) < 4.78 is 72.8. The van der Waals surface area contributed by atoms with Crippen molar-refractivity contribution in [1.29, 1.82) is 0 Å². The minimum absolute atomic E-state index is 0.0327. The normalized spacial score (nSPS) is 12.0. The maximum atomic E-state index is 12.8. The number of rotatable bonds is 5. The molecule has 3 heterocycles. The minimum Gasteiger partial charge on any atom is -0.480 e. The van der Waals surface area contributed by atoms with E-state index in [9.17, 15) is 26.4 Å². The lowest BCUT2D eigenvalue weighted by atomic mass is 10.1. The van der Waals surface area contributed by atoms with Crippen molar-refractivity contribution in [2.75, 3.05) is 11.8 Å². The number of alkyl halides is 3. The molecular weight excluding hydrogens is 473 g/mol. The number of nitrogens with one attached hydrogen (secondary N) is 1. The number of aryl methyl sites for hydroxylation is 1. The second-order valence-corrected chi connectivity index (χ2v) is 8.98. The van der Waals surface area contributed by atoms with Crippen LogP contribution in [0.15, 0.2) is 70.7 Å². The van der Waals surface area contributed by atoms with Gasteiger partial charge >= 0.3 is 6.18 Å². The average molecular weight is 490 g/mol. The van der Waals surface area contributed by atoms with Crippen LogP contribution < -0.4 is 15.0 Å². The molecule has 176 valence electrons. The molecule has 0 aliphatic rings. The Bertz CT molecular complexity index is 1550. The highest BCUT2D eigenvalue weighted by molar-refractivity contribution is 7.92. The van der Waals surface area contributed by atoms with Crippen LogP contribution in [-0.4, -0.2) is 29.9 Å². The molecule has 0 bridgehead atoms. The molecule has 12 heteroatoms. The molecule has 0 unspecified atom stereocenters. The lowest BCUT2D eigenvalue weighted by Crippen LogP contribution is -2.17. The van der Waals surface area contributed by atoms with E-state index in [0.717, 1.165) is 12.1 Å². The number of nitrogens with zero attached hydrogens (tertiary/aromatic N) is 3. The Balaban J connectivity index is 1.73. The van der Waals surface area contributed by atoms with Gasteiger partial charge in [-0.25, -0.2) is 18.4 Å². The van der Waals surface area contributed by atoms with Crippen molar-refractivity contribution in [1.82, 2.24) is 14.4 Å². The van der Waals surface area contributed by atoms with Crippen LogP contribution in [0.5, 0.6) is 5.88 Å². The van der Waals surface area contributed by atoms with Crippen molar-refractivity contribution in [2.45, 2.75) is 18.0 Å². The van der Waals surface area contributed by atoms with E-state index in [1.165, 1.54) is 30.0 Å². The van der Waals surface area contributed by atoms with Gasteiger partial charge in [-0.2, -0.15) is 13.2 Å². The Hall–Kier alpha value is -3.93. The summed E-state index contributed by atoms with van der Waals surface area (Å²) in [6.07, 6.45) is -0.132. The molecule has 0 aliphatic carbocycles. The number of anilines is 1. The van der Waals surface area contributed by atoms with Crippen molar-refractivity contribution in [2.24, 2.45) is 0 Å². The van der Waals surface area contributed by atoms with Crippen LogP contribution in [0.2, 0.25) is 0 Å². The van der Waals surface area contributed by atoms with E-state index in [-0.39, 0.29) is 22.0 Å². The number of ether oxygens (including phenoxy) is 1. The summed E-state index contributed by atoms with van der Waals surface area (Å²) in [6.45, 7) is 1.64. The second kappa shape index (κ2) is 8.45. The standard InChI is InChI=1S/C22H17F3N4O4S/c1-13-10-26-19-8-3-14(12-29(19)21(13)30)15-9-18(20(33-2)27-11-15)28-34(31,32)17-6-4-16(5-7-17)22(23,24)25/h3-12,28H,1-2H3. The van der Waals surface area contributed by atoms with Crippen LogP contribution in [-0.2, 0) is 16.2 Å². The third-order valence-electron chi connectivity index (χ3n) is 4.99. The topological polar surface area (TPSA) is 103 Å². The van der Waals surface area contributed by atoms with E-state index < -0.39 is 21.8 Å². The zero-order valence-electron chi connectivity index (χ0n) is 17.8. The number of hydrogen-bond acceptors (Lipinski definition) is 6. The summed E-state index contributed by atoms with van der Waals surface area (Å²) in [6, 6.07) is 7.86. The van der Waals surface area contributed by atoms with Crippen molar-refractivity contribution in [3.8, 4) is 17.0 Å². The highest BCUT2D eigenvalue weighted by Gasteiger charge is 2.30. The van der Waals surface area contributed by atoms with Crippen LogP contribution >= 0.6 is 0 Å². The fourth-order valence-electron chi connectivity index (χ4n) is 3.21. The fourth-order valence-corrected chi connectivity index (χ4v) is 4.26. The Morgan fingerprint density at radius 3 is 2.35 bits per heavy atom. The number of halogens is 3. The molecule has 0 saturated heterocycles. The molecule has 4 aromatic rings. The average Bonchev–Trinajstić information content (AvgIpc) is 2.80. The maximum absolute atomic E-state index is 12.8. The van der Waals surface area contributed by atoms with Crippen molar-refractivity contribution in [3.05, 3.63) is 82.5 Å². The predicted octanol–water partition coefficient (Wildman–Crippen LogP) is 3.89. The minimum atomic E-state index is -4.59. The molecule has 8 nitrogen and oxygen atoms in total. The van der Waals surface area contributed by atoms with Gasteiger partial charge in [-0.05, 0) is 49.4 Å². The summed E-state index contributed by atoms with van der Waals surface area (Å²) >= 11 is 0. The quantitative estimate of drug-likeness (QED) is 0.455. The van der Waals surface area contributed by atoms with Gasteiger partial charge in [0.2, 0.25) is 5.88 Å². The zero-order valence-corrected chi connectivity index (χ0v) is 18.6. The Kier molecular flexibility index (Phi) is 5.77. The van der Waals surface area contributed by atoms with Crippen molar-refractivity contribution < 1.29 is 26.3 Å². The Labute approximate surface area is 191 Å². The lowest BCUT2D eigenvalue weighted by Gasteiger charge is -2.14. The van der Waals surface area contributed by atoms with Gasteiger partial charge in [0.05, 0.1) is 17.6 Å². The smallest absolute Gasteiger partial charge is 0.416 e. The fraction of sp³-hybridized carbons (Fsp3) is 0.136. The van der Waals surface area contributed by atoms with E-state index in [4.69, 9.17) is 4.74 Å². The zero-order chi connectivity index (χ0) is 24.7. The molecule has 4 rings (SSSR count). The summed E-state index contributed by atoms with van der Waals surface area (Å²) in [7, 11) is -2.96. The molecule has 1 aromatic carbocycles. The number of aromatic nitrogens is 3. The Morgan fingerprint density at radius 2 is 1.71 bits per heavy atom. The monoisotopic (exact) mass is 490 g/mol. The summed E-state index contributed by atoms with van der Waals surface area (Å²) in [5.41, 5.74) is 0.639. The first-order chi connectivity index (χ1) is 16.0. The molecule has 1 N–H and O–H groups in total. The van der Waals surface area contributed by atoms with Gasteiger partial charge in [-0.15, -0.1) is 0 Å². The first-order valence-electron chi connectivity index (χ1n) is 9.72. The highest BCUT2D eigenvalue weighted by atomic mass is 32.2. The SMILES string of the molecule is COc1ncc(-c2ccc3ncc(C)c(=O)n3c2)cc1NS(=O)(=O)c1ccc(C(F)(F)F)cc1. The van der Waals surface area contributed by atoms with E-state index >= 15 is 0 Å². The number of pyridine rings is 2. The van der Waals surface area contributed by atoms with Crippen molar-refractivity contribution >= 4 is 21.4 Å². The molecule has 0 saturated carbocycles. The molecule has 0 fully saturated rings. The van der Waals surface area contributed by atoms with Gasteiger partial charge in [0.25, 0.3) is 15.6 Å². The molecule has 34 heavy (non-hydrogen) atoms. The number of fused-ring (bicyclic) bond motifs is 1. The van der Waals surface area contributed by atoms with E-state index in [1.807, 2.05) is 0 Å². The molecule has 0 radical (unpaired) electrons. The molecule has 0 spiro atoms. The van der Waals surface area contributed by atoms with Crippen LogP contribution in [0.1, 0.15) is 11.1 Å². The van der Waals surface area contributed by atoms with E-state index in [2.05, 4.69) is 14.7 Å². The second-order valence-electron chi connectivity index (χ2n) is 7.30. The number of hydrogen-bond donors (Lipinski definition) is 1. The van der Waals surface area contributed by atoms with Crippen LogP contribution in [0.3, 0.4) is 0 Å². The first kappa shape index (κ1) is 23.2.